The highest BCUT2D eigenvalue weighted by Crippen LogP contribution is 2.31. The van der Waals surface area contributed by atoms with Crippen LogP contribution in [-0.2, 0) is 19.4 Å². The fourth-order valence-corrected chi connectivity index (χ4v) is 3.64. The molecule has 3 nitrogen and oxygen atoms in total. The molecule has 0 radical (unpaired) electrons. The van der Waals surface area contributed by atoms with E-state index in [9.17, 15) is 5.11 Å². The first-order valence-electron chi connectivity index (χ1n) is 7.29. The molecule has 1 aliphatic rings. The number of aliphatic hydroxyl groups excluding tert-OH is 1. The molecule has 4 heteroatoms. The lowest BCUT2D eigenvalue weighted by Crippen LogP contribution is -2.52. The van der Waals surface area contributed by atoms with Gasteiger partial charge in [0.1, 0.15) is 5.75 Å². The molecule has 1 aromatic carbocycles. The van der Waals surface area contributed by atoms with Crippen molar-refractivity contribution in [1.29, 1.82) is 0 Å². The van der Waals surface area contributed by atoms with Gasteiger partial charge in [0.2, 0.25) is 0 Å². The van der Waals surface area contributed by atoms with Crippen LogP contribution in [0.5, 0.6) is 5.75 Å². The average Bonchev–Trinajstić information content (AvgIpc) is 3.05. The summed E-state index contributed by atoms with van der Waals surface area (Å²) in [6.07, 6.45) is 2.81. The van der Waals surface area contributed by atoms with Crippen molar-refractivity contribution in [3.63, 3.8) is 0 Å². The fourth-order valence-electron chi connectivity index (χ4n) is 2.99. The van der Waals surface area contributed by atoms with E-state index in [4.69, 9.17) is 4.74 Å². The number of hydrogen-bond acceptors (Lipinski definition) is 4. The van der Waals surface area contributed by atoms with Gasteiger partial charge in [0.25, 0.3) is 0 Å². The third kappa shape index (κ3) is 3.12. The number of ether oxygens (including phenoxy) is 1. The Morgan fingerprint density at radius 2 is 2.24 bits per heavy atom. The highest BCUT2D eigenvalue weighted by atomic mass is 32.1. The van der Waals surface area contributed by atoms with Crippen LogP contribution in [0.3, 0.4) is 0 Å². The summed E-state index contributed by atoms with van der Waals surface area (Å²) >= 11 is 1.75. The summed E-state index contributed by atoms with van der Waals surface area (Å²) in [5, 5.41) is 15.6. The number of methoxy groups -OCH3 is 1. The zero-order valence-electron chi connectivity index (χ0n) is 12.3. The summed E-state index contributed by atoms with van der Waals surface area (Å²) in [7, 11) is 1.69. The zero-order chi connectivity index (χ0) is 14.7. The van der Waals surface area contributed by atoms with Crippen LogP contribution in [0.15, 0.2) is 35.7 Å². The van der Waals surface area contributed by atoms with E-state index in [2.05, 4.69) is 35.0 Å². The molecule has 3 rings (SSSR count). The highest BCUT2D eigenvalue weighted by molar-refractivity contribution is 7.09. The van der Waals surface area contributed by atoms with Crippen LogP contribution in [0.4, 0.5) is 0 Å². The SMILES string of the molecule is COc1ccc2c(c1)CC(CO)(NCc1cccs1)CC2. The lowest BCUT2D eigenvalue weighted by atomic mass is 9.78. The first-order chi connectivity index (χ1) is 10.2. The molecule has 0 fully saturated rings. The number of hydrogen-bond donors (Lipinski definition) is 2. The Hall–Kier alpha value is -1.36. The molecule has 2 N–H and O–H groups in total. The van der Waals surface area contributed by atoms with E-state index >= 15 is 0 Å². The molecular weight excluding hydrogens is 282 g/mol. The number of nitrogens with one attached hydrogen (secondary N) is 1. The summed E-state index contributed by atoms with van der Waals surface area (Å²) in [6, 6.07) is 10.5. The zero-order valence-corrected chi connectivity index (χ0v) is 13.1. The molecule has 1 unspecified atom stereocenters. The predicted molar refractivity (Wildman–Crippen MR) is 86.0 cm³/mol. The van der Waals surface area contributed by atoms with Crippen molar-refractivity contribution in [2.75, 3.05) is 13.7 Å². The number of thiophene rings is 1. The Morgan fingerprint density at radius 3 is 2.95 bits per heavy atom. The van der Waals surface area contributed by atoms with Gasteiger partial charge in [0, 0.05) is 17.0 Å². The maximum absolute atomic E-state index is 9.93. The average molecular weight is 303 g/mol. The minimum atomic E-state index is -0.219. The maximum atomic E-state index is 9.93. The molecule has 1 heterocycles. The van der Waals surface area contributed by atoms with Gasteiger partial charge < -0.3 is 15.2 Å². The van der Waals surface area contributed by atoms with Crippen LogP contribution < -0.4 is 10.1 Å². The van der Waals surface area contributed by atoms with Crippen LogP contribution >= 0.6 is 11.3 Å². The largest absolute Gasteiger partial charge is 0.497 e. The van der Waals surface area contributed by atoms with Gasteiger partial charge >= 0.3 is 0 Å². The van der Waals surface area contributed by atoms with Crippen molar-refractivity contribution in [3.8, 4) is 5.75 Å². The van der Waals surface area contributed by atoms with Gasteiger partial charge in [-0.15, -0.1) is 11.3 Å². The molecule has 112 valence electrons. The Balaban J connectivity index is 1.77. The van der Waals surface area contributed by atoms with E-state index in [1.807, 2.05) is 6.07 Å². The quantitative estimate of drug-likeness (QED) is 0.892. The lowest BCUT2D eigenvalue weighted by molar-refractivity contribution is 0.143. The molecule has 0 saturated heterocycles. The van der Waals surface area contributed by atoms with Crippen molar-refractivity contribution < 1.29 is 9.84 Å². The van der Waals surface area contributed by atoms with Gasteiger partial charge in [0.05, 0.1) is 13.7 Å². The van der Waals surface area contributed by atoms with Crippen molar-refractivity contribution in [1.82, 2.24) is 5.32 Å². The van der Waals surface area contributed by atoms with E-state index in [1.54, 1.807) is 18.4 Å². The minimum absolute atomic E-state index is 0.162. The van der Waals surface area contributed by atoms with E-state index in [0.29, 0.717) is 0 Å². The number of rotatable bonds is 5. The molecule has 1 aliphatic carbocycles. The highest BCUT2D eigenvalue weighted by Gasteiger charge is 2.33. The molecule has 21 heavy (non-hydrogen) atoms. The van der Waals surface area contributed by atoms with Crippen LogP contribution in [0.25, 0.3) is 0 Å². The third-order valence-corrected chi connectivity index (χ3v) is 5.21. The van der Waals surface area contributed by atoms with E-state index in [1.165, 1.54) is 16.0 Å². The minimum Gasteiger partial charge on any atom is -0.497 e. The van der Waals surface area contributed by atoms with Gasteiger partial charge in [-0.25, -0.2) is 0 Å². The van der Waals surface area contributed by atoms with Crippen LogP contribution in [0.1, 0.15) is 22.4 Å². The van der Waals surface area contributed by atoms with Gasteiger partial charge in [0.15, 0.2) is 0 Å². The van der Waals surface area contributed by atoms with E-state index in [-0.39, 0.29) is 12.1 Å². The molecule has 1 atom stereocenters. The molecule has 0 aliphatic heterocycles. The standard InChI is InChI=1S/C17H21NO2S/c1-20-15-5-4-13-6-7-17(12-19,10-14(13)9-15)18-11-16-3-2-8-21-16/h2-5,8-9,18-19H,6-7,10-12H2,1H3. The molecule has 0 saturated carbocycles. The first-order valence-corrected chi connectivity index (χ1v) is 8.17. The van der Waals surface area contributed by atoms with Gasteiger partial charge in [-0.2, -0.15) is 0 Å². The van der Waals surface area contributed by atoms with Crippen LogP contribution in [0.2, 0.25) is 0 Å². The molecule has 1 aromatic heterocycles. The van der Waals surface area contributed by atoms with E-state index in [0.717, 1.165) is 31.6 Å². The molecular formula is C17H21NO2S. The van der Waals surface area contributed by atoms with Crippen molar-refractivity contribution in [3.05, 3.63) is 51.7 Å². The second-order valence-corrected chi connectivity index (χ2v) is 6.72. The number of aryl methyl sites for hydroxylation is 1. The number of benzene rings is 1. The maximum Gasteiger partial charge on any atom is 0.119 e. The Morgan fingerprint density at radius 1 is 1.33 bits per heavy atom. The van der Waals surface area contributed by atoms with Crippen molar-refractivity contribution in [2.24, 2.45) is 0 Å². The normalized spacial score (nSPS) is 21.0. The Labute approximate surface area is 129 Å². The predicted octanol–water partition coefficient (Wildman–Crippen LogP) is 2.77. The first kappa shape index (κ1) is 14.6. The Kier molecular flexibility index (Phi) is 4.29. The van der Waals surface area contributed by atoms with Gasteiger partial charge in [-0.1, -0.05) is 12.1 Å². The Bertz CT molecular complexity index is 597. The summed E-state index contributed by atoms with van der Waals surface area (Å²) in [5.41, 5.74) is 2.44. The van der Waals surface area contributed by atoms with Crippen LogP contribution in [0, 0.1) is 0 Å². The molecule has 2 aromatic rings. The van der Waals surface area contributed by atoms with Crippen molar-refractivity contribution in [2.45, 2.75) is 31.3 Å². The molecule has 0 bridgehead atoms. The summed E-state index contributed by atoms with van der Waals surface area (Å²) in [4.78, 5) is 1.30. The van der Waals surface area contributed by atoms with Gasteiger partial charge in [-0.05, 0) is 54.0 Å². The number of aliphatic hydroxyl groups is 1. The summed E-state index contributed by atoms with van der Waals surface area (Å²) in [5.74, 6) is 0.890. The fraction of sp³-hybridized carbons (Fsp3) is 0.412. The lowest BCUT2D eigenvalue weighted by Gasteiger charge is -2.38. The summed E-state index contributed by atoms with van der Waals surface area (Å²) < 4.78 is 5.32. The summed E-state index contributed by atoms with van der Waals surface area (Å²) in [6.45, 7) is 0.979. The molecule has 0 spiro atoms. The van der Waals surface area contributed by atoms with Crippen LogP contribution in [-0.4, -0.2) is 24.4 Å². The van der Waals surface area contributed by atoms with E-state index < -0.39 is 0 Å². The second kappa shape index (κ2) is 6.18. The monoisotopic (exact) mass is 303 g/mol. The van der Waals surface area contributed by atoms with Crippen molar-refractivity contribution >= 4 is 11.3 Å². The van der Waals surface area contributed by atoms with Gasteiger partial charge in [-0.3, -0.25) is 0 Å². The molecule has 0 amide bonds. The number of fused-ring (bicyclic) bond motifs is 1. The topological polar surface area (TPSA) is 41.5 Å². The third-order valence-electron chi connectivity index (χ3n) is 4.34. The second-order valence-electron chi connectivity index (χ2n) is 5.68. The smallest absolute Gasteiger partial charge is 0.119 e.